The van der Waals surface area contributed by atoms with Crippen LogP contribution in [0.5, 0.6) is 0 Å². The molecule has 0 aromatic heterocycles. The van der Waals surface area contributed by atoms with Crippen LogP contribution in [0.15, 0.2) is 0 Å². The lowest BCUT2D eigenvalue weighted by Gasteiger charge is -1.69. The summed E-state index contributed by atoms with van der Waals surface area (Å²) >= 11 is 1.86. The summed E-state index contributed by atoms with van der Waals surface area (Å²) in [5.41, 5.74) is 0. The molecule has 0 rings (SSSR count). The second-order valence-electron chi connectivity index (χ2n) is 0.577. The van der Waals surface area contributed by atoms with Gasteiger partial charge in [0, 0.05) is 0 Å². The SMILES string of the molecule is C.C.C.CCSC. The van der Waals surface area contributed by atoms with E-state index in [4.69, 9.17) is 0 Å². The van der Waals surface area contributed by atoms with E-state index in [0.29, 0.717) is 0 Å². The van der Waals surface area contributed by atoms with Gasteiger partial charge < -0.3 is 0 Å². The fraction of sp³-hybridized carbons (Fsp3) is 1.00. The molecule has 0 N–H and O–H groups in total. The Balaban J connectivity index is -0.0000000150. The van der Waals surface area contributed by atoms with Gasteiger partial charge in [0.15, 0.2) is 0 Å². The van der Waals surface area contributed by atoms with Gasteiger partial charge in [-0.2, -0.15) is 11.8 Å². The van der Waals surface area contributed by atoms with Crippen molar-refractivity contribution < 1.29 is 0 Å². The summed E-state index contributed by atoms with van der Waals surface area (Å²) in [7, 11) is 0. The van der Waals surface area contributed by atoms with Crippen molar-refractivity contribution in [2.45, 2.75) is 29.2 Å². The molecule has 0 atom stereocenters. The topological polar surface area (TPSA) is 0 Å². The van der Waals surface area contributed by atoms with Crippen LogP contribution in [0.3, 0.4) is 0 Å². The summed E-state index contributed by atoms with van der Waals surface area (Å²) in [6.45, 7) is 2.14. The van der Waals surface area contributed by atoms with Crippen LogP contribution >= 0.6 is 11.8 Å². The number of hydrogen-bond donors (Lipinski definition) is 0. The van der Waals surface area contributed by atoms with Gasteiger partial charge in [-0.25, -0.2) is 0 Å². The Morgan fingerprint density at radius 3 is 1.29 bits per heavy atom. The Morgan fingerprint density at radius 1 is 1.14 bits per heavy atom. The average molecular weight is 124 g/mol. The van der Waals surface area contributed by atoms with Gasteiger partial charge in [0.1, 0.15) is 0 Å². The highest BCUT2D eigenvalue weighted by atomic mass is 32.2. The largest absolute Gasteiger partial charge is 0.166 e. The van der Waals surface area contributed by atoms with Crippen LogP contribution < -0.4 is 0 Å². The van der Waals surface area contributed by atoms with Crippen molar-refractivity contribution in [3.63, 3.8) is 0 Å². The van der Waals surface area contributed by atoms with Crippen molar-refractivity contribution in [2.24, 2.45) is 0 Å². The van der Waals surface area contributed by atoms with Crippen LogP contribution in [0.4, 0.5) is 0 Å². The van der Waals surface area contributed by atoms with Crippen LogP contribution in [0.2, 0.25) is 0 Å². The van der Waals surface area contributed by atoms with Crippen LogP contribution in [0, 0.1) is 0 Å². The van der Waals surface area contributed by atoms with Crippen molar-refractivity contribution >= 4 is 11.8 Å². The van der Waals surface area contributed by atoms with E-state index >= 15 is 0 Å². The minimum Gasteiger partial charge on any atom is -0.166 e. The zero-order valence-corrected chi connectivity index (χ0v) is 3.93. The molecule has 0 saturated heterocycles. The molecule has 0 amide bonds. The quantitative estimate of drug-likeness (QED) is 0.517. The average Bonchev–Trinajstić information content (AvgIpc) is 1.37. The second kappa shape index (κ2) is 32.9. The Labute approximate surface area is 53.7 Å². The highest BCUT2D eigenvalue weighted by Gasteiger charge is 1.55. The molecule has 0 nitrogen and oxygen atoms in total. The van der Waals surface area contributed by atoms with E-state index in [1.807, 2.05) is 11.8 Å². The van der Waals surface area contributed by atoms with Gasteiger partial charge in [-0.15, -0.1) is 0 Å². The van der Waals surface area contributed by atoms with E-state index in [1.54, 1.807) is 0 Å². The monoisotopic (exact) mass is 124 g/mol. The standard InChI is InChI=1S/C3H8S.3CH4/c1-3-4-2;;;/h3H2,1-2H3;3*1H4. The summed E-state index contributed by atoms with van der Waals surface area (Å²) in [4.78, 5) is 0. The van der Waals surface area contributed by atoms with Crippen molar-refractivity contribution in [3.05, 3.63) is 0 Å². The third kappa shape index (κ3) is 65.9. The lowest BCUT2D eigenvalue weighted by atomic mass is 11.0. The maximum absolute atomic E-state index is 2.14. The van der Waals surface area contributed by atoms with E-state index in [-0.39, 0.29) is 22.3 Å². The molecule has 0 aliphatic carbocycles. The Morgan fingerprint density at radius 2 is 1.29 bits per heavy atom. The molecule has 0 aliphatic heterocycles. The molecule has 0 aromatic rings. The van der Waals surface area contributed by atoms with Crippen molar-refractivity contribution in [1.29, 1.82) is 0 Å². The summed E-state index contributed by atoms with van der Waals surface area (Å²) in [6, 6.07) is 0. The molecule has 0 radical (unpaired) electrons. The maximum Gasteiger partial charge on any atom is -0.00988 e. The molecule has 1 heteroatoms. The Kier molecular flexibility index (Phi) is 124. The van der Waals surface area contributed by atoms with Gasteiger partial charge in [0.2, 0.25) is 0 Å². The molecule has 0 bridgehead atoms. The van der Waals surface area contributed by atoms with Crippen LogP contribution in [-0.2, 0) is 0 Å². The molecular formula is C6H20S. The predicted molar refractivity (Wildman–Crippen MR) is 44.2 cm³/mol. The zero-order valence-electron chi connectivity index (χ0n) is 3.12. The number of hydrogen-bond acceptors (Lipinski definition) is 1. The van der Waals surface area contributed by atoms with Crippen molar-refractivity contribution in [2.75, 3.05) is 12.0 Å². The molecule has 0 heterocycles. The molecular weight excluding hydrogens is 104 g/mol. The van der Waals surface area contributed by atoms with E-state index in [2.05, 4.69) is 13.2 Å². The first kappa shape index (κ1) is 26.4. The van der Waals surface area contributed by atoms with E-state index in [0.717, 1.165) is 0 Å². The van der Waals surface area contributed by atoms with Crippen LogP contribution in [0.1, 0.15) is 29.2 Å². The van der Waals surface area contributed by atoms with Gasteiger partial charge in [0.25, 0.3) is 0 Å². The molecule has 0 fully saturated rings. The molecule has 0 unspecified atom stereocenters. The highest BCUT2D eigenvalue weighted by Crippen LogP contribution is 1.83. The summed E-state index contributed by atoms with van der Waals surface area (Å²) < 4.78 is 0. The van der Waals surface area contributed by atoms with Gasteiger partial charge in [0.05, 0.1) is 0 Å². The summed E-state index contributed by atoms with van der Waals surface area (Å²) in [5, 5.41) is 0. The van der Waals surface area contributed by atoms with Crippen LogP contribution in [0.25, 0.3) is 0 Å². The highest BCUT2D eigenvalue weighted by molar-refractivity contribution is 7.98. The third-order valence-corrected chi connectivity index (χ3v) is 0.866. The van der Waals surface area contributed by atoms with Crippen molar-refractivity contribution in [3.8, 4) is 0 Å². The van der Waals surface area contributed by atoms with Gasteiger partial charge in [-0.3, -0.25) is 0 Å². The molecule has 7 heavy (non-hydrogen) atoms. The normalized spacial score (nSPS) is 4.29. The van der Waals surface area contributed by atoms with E-state index in [9.17, 15) is 0 Å². The molecule has 0 aromatic carbocycles. The fourth-order valence-electron chi connectivity index (χ4n) is 0. The first-order valence-electron chi connectivity index (χ1n) is 1.40. The lowest BCUT2D eigenvalue weighted by Crippen LogP contribution is -1.52. The summed E-state index contributed by atoms with van der Waals surface area (Å²) in [5.74, 6) is 1.24. The fourth-order valence-corrected chi connectivity index (χ4v) is 0. The Hall–Kier alpha value is 0.350. The second-order valence-corrected chi connectivity index (χ2v) is 1.73. The smallest absolute Gasteiger partial charge is 0.00988 e. The number of rotatable bonds is 1. The molecule has 0 aliphatic rings. The van der Waals surface area contributed by atoms with E-state index in [1.165, 1.54) is 5.75 Å². The third-order valence-electron chi connectivity index (χ3n) is 0.289. The number of thioether (sulfide) groups is 1. The molecule has 50 valence electrons. The zero-order chi connectivity index (χ0) is 3.41. The molecule has 0 saturated carbocycles. The predicted octanol–water partition coefficient (Wildman–Crippen LogP) is 3.28. The van der Waals surface area contributed by atoms with Crippen LogP contribution in [-0.4, -0.2) is 12.0 Å². The maximum atomic E-state index is 2.14. The molecule has 0 spiro atoms. The van der Waals surface area contributed by atoms with E-state index < -0.39 is 0 Å². The minimum absolute atomic E-state index is 0. The van der Waals surface area contributed by atoms with Gasteiger partial charge >= 0.3 is 0 Å². The Bertz CT molecular complexity index is 6.14. The minimum atomic E-state index is 0. The first-order valence-corrected chi connectivity index (χ1v) is 2.80. The first-order chi connectivity index (χ1) is 1.91. The van der Waals surface area contributed by atoms with Gasteiger partial charge in [-0.1, -0.05) is 29.2 Å². The lowest BCUT2D eigenvalue weighted by molar-refractivity contribution is 1.53. The summed E-state index contributed by atoms with van der Waals surface area (Å²) in [6.07, 6.45) is 2.10. The van der Waals surface area contributed by atoms with Gasteiger partial charge in [-0.05, 0) is 12.0 Å². The van der Waals surface area contributed by atoms with Crippen molar-refractivity contribution in [1.82, 2.24) is 0 Å².